The number of carbonyl (C=O) groups excluding carboxylic acids is 2. The van der Waals surface area contributed by atoms with E-state index in [1.807, 2.05) is 6.92 Å². The van der Waals surface area contributed by atoms with Crippen LogP contribution in [0.15, 0.2) is 27.4 Å². The second kappa shape index (κ2) is 6.23. The Morgan fingerprint density at radius 1 is 1.17 bits per heavy atom. The van der Waals surface area contributed by atoms with E-state index < -0.39 is 11.9 Å². The van der Waals surface area contributed by atoms with E-state index in [9.17, 15) is 9.59 Å². The topological polar surface area (TPSA) is 65.0 Å². The zero-order valence-corrected chi connectivity index (χ0v) is 11.2. The standard InChI is InChI=1S/C12H13NO4S/c1-7-4-8(11(14)16-2)9(12(15)17-3)5-10(7)13-6-18/h4-5H2,1-3H3. The fourth-order valence-electron chi connectivity index (χ4n) is 1.73. The summed E-state index contributed by atoms with van der Waals surface area (Å²) in [4.78, 5) is 27.2. The van der Waals surface area contributed by atoms with E-state index >= 15 is 0 Å². The summed E-state index contributed by atoms with van der Waals surface area (Å²) in [6.45, 7) is 1.82. The van der Waals surface area contributed by atoms with Gasteiger partial charge in [0.1, 0.15) is 0 Å². The zero-order valence-electron chi connectivity index (χ0n) is 10.4. The number of rotatable bonds is 3. The molecule has 0 fully saturated rings. The van der Waals surface area contributed by atoms with Gasteiger partial charge in [-0.2, -0.15) is 4.99 Å². The number of allylic oxidation sites excluding steroid dienone is 2. The molecule has 0 amide bonds. The molecule has 0 atom stereocenters. The molecule has 0 heterocycles. The van der Waals surface area contributed by atoms with Gasteiger partial charge >= 0.3 is 11.9 Å². The predicted octanol–water partition coefficient (Wildman–Crippen LogP) is 1.80. The first kappa shape index (κ1) is 14.3. The monoisotopic (exact) mass is 267 g/mol. The van der Waals surface area contributed by atoms with Gasteiger partial charge in [0.05, 0.1) is 36.2 Å². The summed E-state index contributed by atoms with van der Waals surface area (Å²) in [6.07, 6.45) is 0.500. The smallest absolute Gasteiger partial charge is 0.334 e. The van der Waals surface area contributed by atoms with Crippen molar-refractivity contribution in [3.05, 3.63) is 22.4 Å². The lowest BCUT2D eigenvalue weighted by Gasteiger charge is -2.19. The van der Waals surface area contributed by atoms with Gasteiger partial charge in [0.2, 0.25) is 0 Å². The second-order valence-electron chi connectivity index (χ2n) is 3.72. The van der Waals surface area contributed by atoms with Crippen LogP contribution in [-0.2, 0) is 19.1 Å². The third kappa shape index (κ3) is 2.91. The van der Waals surface area contributed by atoms with E-state index in [0.29, 0.717) is 17.7 Å². The molecule has 0 bridgehead atoms. The van der Waals surface area contributed by atoms with Crippen molar-refractivity contribution in [1.29, 1.82) is 0 Å². The highest BCUT2D eigenvalue weighted by Gasteiger charge is 2.28. The number of aliphatic imine (C=N–C) groups is 1. The number of carbonyl (C=O) groups is 2. The highest BCUT2D eigenvalue weighted by molar-refractivity contribution is 7.78. The summed E-state index contributed by atoms with van der Waals surface area (Å²) in [5, 5.41) is 2.26. The number of ether oxygens (including phenoxy) is 2. The SMILES string of the molecule is COC(=O)C1=C(C(=O)OC)CC(N=C=S)=C(C)C1. The molecule has 1 aliphatic rings. The molecule has 0 aliphatic heterocycles. The van der Waals surface area contributed by atoms with Crippen LogP contribution < -0.4 is 0 Å². The Morgan fingerprint density at radius 3 is 2.11 bits per heavy atom. The average molecular weight is 267 g/mol. The van der Waals surface area contributed by atoms with Gasteiger partial charge < -0.3 is 9.47 Å². The van der Waals surface area contributed by atoms with Crippen molar-refractivity contribution in [2.45, 2.75) is 19.8 Å². The number of hydrogen-bond donors (Lipinski definition) is 0. The summed E-state index contributed by atoms with van der Waals surface area (Å²) in [7, 11) is 2.53. The Bertz CT molecular complexity index is 498. The summed E-state index contributed by atoms with van der Waals surface area (Å²) >= 11 is 4.55. The Hall–Kier alpha value is -1.78. The highest BCUT2D eigenvalue weighted by Crippen LogP contribution is 2.31. The average Bonchev–Trinajstić information content (AvgIpc) is 2.39. The van der Waals surface area contributed by atoms with Crippen molar-refractivity contribution in [3.63, 3.8) is 0 Å². The maximum Gasteiger partial charge on any atom is 0.334 e. The molecule has 0 unspecified atom stereocenters. The summed E-state index contributed by atoms with van der Waals surface area (Å²) < 4.78 is 9.33. The number of methoxy groups -OCH3 is 2. The lowest BCUT2D eigenvalue weighted by molar-refractivity contribution is -0.139. The Morgan fingerprint density at radius 2 is 1.67 bits per heavy atom. The Kier molecular flexibility index (Phi) is 4.95. The van der Waals surface area contributed by atoms with E-state index in [0.717, 1.165) is 5.57 Å². The summed E-state index contributed by atoms with van der Waals surface area (Å²) in [5.74, 6) is -1.08. The molecule has 0 N–H and O–H groups in total. The molecule has 5 nitrogen and oxygen atoms in total. The number of thiocarbonyl (C=S) groups is 1. The molecule has 6 heteroatoms. The number of isothiocyanates is 1. The lowest BCUT2D eigenvalue weighted by atomic mass is 9.90. The first-order valence-electron chi connectivity index (χ1n) is 5.20. The van der Waals surface area contributed by atoms with Crippen molar-refractivity contribution in [2.24, 2.45) is 4.99 Å². The molecule has 0 saturated heterocycles. The maximum absolute atomic E-state index is 11.7. The molecule has 96 valence electrons. The molecule has 0 aromatic carbocycles. The molecular weight excluding hydrogens is 254 g/mol. The summed E-state index contributed by atoms with van der Waals surface area (Å²) in [6, 6.07) is 0. The molecule has 18 heavy (non-hydrogen) atoms. The molecule has 0 aromatic heterocycles. The van der Waals surface area contributed by atoms with Crippen molar-refractivity contribution in [2.75, 3.05) is 14.2 Å². The van der Waals surface area contributed by atoms with Crippen LogP contribution in [0, 0.1) is 0 Å². The van der Waals surface area contributed by atoms with Gasteiger partial charge in [-0.3, -0.25) is 0 Å². The molecule has 0 aromatic rings. The van der Waals surface area contributed by atoms with Crippen molar-refractivity contribution in [3.8, 4) is 0 Å². The fraction of sp³-hybridized carbons (Fsp3) is 0.417. The van der Waals surface area contributed by atoms with Crippen molar-refractivity contribution in [1.82, 2.24) is 0 Å². The van der Waals surface area contributed by atoms with Crippen LogP contribution >= 0.6 is 12.2 Å². The predicted molar refractivity (Wildman–Crippen MR) is 68.0 cm³/mol. The van der Waals surface area contributed by atoms with Crippen LogP contribution in [0.2, 0.25) is 0 Å². The van der Waals surface area contributed by atoms with Gasteiger partial charge in [0.25, 0.3) is 0 Å². The molecule has 1 rings (SSSR count). The molecule has 1 aliphatic carbocycles. The van der Waals surface area contributed by atoms with E-state index in [2.05, 4.69) is 31.8 Å². The van der Waals surface area contributed by atoms with Gasteiger partial charge in [-0.15, -0.1) is 0 Å². The van der Waals surface area contributed by atoms with Crippen LogP contribution in [0.25, 0.3) is 0 Å². The molecule has 0 saturated carbocycles. The Labute approximate surface area is 110 Å². The zero-order chi connectivity index (χ0) is 13.7. The van der Waals surface area contributed by atoms with Crippen LogP contribution in [0.1, 0.15) is 19.8 Å². The van der Waals surface area contributed by atoms with Gasteiger partial charge in [-0.1, -0.05) is 0 Å². The normalized spacial score (nSPS) is 15.1. The third-order valence-electron chi connectivity index (χ3n) is 2.69. The lowest BCUT2D eigenvalue weighted by Crippen LogP contribution is -2.18. The van der Waals surface area contributed by atoms with E-state index in [1.54, 1.807) is 0 Å². The number of nitrogens with zero attached hydrogens (tertiary/aromatic N) is 1. The van der Waals surface area contributed by atoms with Crippen molar-refractivity contribution < 1.29 is 19.1 Å². The van der Waals surface area contributed by atoms with Gasteiger partial charge in [-0.25, -0.2) is 9.59 Å². The van der Waals surface area contributed by atoms with Gasteiger partial charge in [-0.05, 0) is 24.7 Å². The molecule has 0 spiro atoms. The van der Waals surface area contributed by atoms with E-state index in [4.69, 9.17) is 0 Å². The summed E-state index contributed by atoms with van der Waals surface area (Å²) in [5.41, 5.74) is 2.07. The van der Waals surface area contributed by atoms with E-state index in [1.165, 1.54) is 14.2 Å². The molecular formula is C12H13NO4S. The minimum atomic E-state index is -0.556. The maximum atomic E-state index is 11.7. The fourth-order valence-corrected chi connectivity index (χ4v) is 1.84. The van der Waals surface area contributed by atoms with Crippen LogP contribution in [0.5, 0.6) is 0 Å². The van der Waals surface area contributed by atoms with Gasteiger partial charge in [0, 0.05) is 12.8 Å². The molecule has 0 radical (unpaired) electrons. The third-order valence-corrected chi connectivity index (χ3v) is 2.78. The van der Waals surface area contributed by atoms with Crippen LogP contribution in [0.3, 0.4) is 0 Å². The minimum Gasteiger partial charge on any atom is -0.466 e. The quantitative estimate of drug-likeness (QED) is 0.443. The number of esters is 2. The van der Waals surface area contributed by atoms with Crippen LogP contribution in [0.4, 0.5) is 0 Å². The second-order valence-corrected chi connectivity index (χ2v) is 3.91. The minimum absolute atomic E-state index is 0.201. The number of hydrogen-bond acceptors (Lipinski definition) is 6. The first-order chi connectivity index (χ1) is 8.54. The highest BCUT2D eigenvalue weighted by atomic mass is 32.1. The van der Waals surface area contributed by atoms with Crippen LogP contribution in [-0.4, -0.2) is 31.3 Å². The van der Waals surface area contributed by atoms with Gasteiger partial charge in [0.15, 0.2) is 0 Å². The van der Waals surface area contributed by atoms with E-state index in [-0.39, 0.29) is 12.0 Å². The first-order valence-corrected chi connectivity index (χ1v) is 5.61. The van der Waals surface area contributed by atoms with Crippen molar-refractivity contribution >= 4 is 29.3 Å². The Balaban J connectivity index is 3.21. The largest absolute Gasteiger partial charge is 0.466 e.